The van der Waals surface area contributed by atoms with Gasteiger partial charge in [-0.15, -0.1) is 21.5 Å². The molecular weight excluding hydrogens is 224 g/mol. The molecule has 0 aliphatic carbocycles. The highest BCUT2D eigenvalue weighted by molar-refractivity contribution is 7.11. The molecule has 0 unspecified atom stereocenters. The Kier molecular flexibility index (Phi) is 2.96. The van der Waals surface area contributed by atoms with Crippen molar-refractivity contribution in [2.75, 3.05) is 0 Å². The summed E-state index contributed by atoms with van der Waals surface area (Å²) in [6.07, 6.45) is 0.679. The van der Waals surface area contributed by atoms with Crippen LogP contribution in [-0.4, -0.2) is 16.2 Å². The van der Waals surface area contributed by atoms with E-state index in [1.54, 1.807) is 35.6 Å². The molecule has 0 fully saturated rings. The summed E-state index contributed by atoms with van der Waals surface area (Å²) in [6.45, 7) is 1.90. The number of nitrogens with zero attached hydrogens (tertiary/aromatic N) is 2. The van der Waals surface area contributed by atoms with Crippen LogP contribution in [0.25, 0.3) is 0 Å². The van der Waals surface area contributed by atoms with Crippen LogP contribution in [-0.2, 0) is 6.42 Å². The lowest BCUT2D eigenvalue weighted by Crippen LogP contribution is -2.21. The smallest absolute Gasteiger partial charge is 0.121 e. The number of rotatable bonds is 3. The van der Waals surface area contributed by atoms with E-state index < -0.39 is 5.97 Å². The van der Waals surface area contributed by atoms with E-state index in [1.165, 1.54) is 0 Å². The lowest BCUT2D eigenvalue weighted by atomic mass is 10.1. The standard InChI is InChI=1S/C11H10N2O2S/c1-7-12-13-10(16-7)6-8-2-4-9(5-3-8)11(14)15/h2-5H,6H2,1H3,(H,14,15)/p-1. The first-order valence-electron chi connectivity index (χ1n) is 4.74. The molecule has 1 aromatic heterocycles. The molecule has 0 bridgehead atoms. The summed E-state index contributed by atoms with van der Waals surface area (Å²) in [5.74, 6) is -1.15. The van der Waals surface area contributed by atoms with E-state index in [2.05, 4.69) is 10.2 Å². The fourth-order valence-corrected chi connectivity index (χ4v) is 2.09. The monoisotopic (exact) mass is 233 g/mol. The molecule has 0 radical (unpaired) electrons. The van der Waals surface area contributed by atoms with Crippen LogP contribution in [0.15, 0.2) is 24.3 Å². The number of aromatic carboxylic acids is 1. The maximum atomic E-state index is 10.5. The SMILES string of the molecule is Cc1nnc(Cc2ccc(C(=O)[O-])cc2)s1. The van der Waals surface area contributed by atoms with Crippen molar-refractivity contribution in [2.45, 2.75) is 13.3 Å². The second kappa shape index (κ2) is 4.40. The fourth-order valence-electron chi connectivity index (χ4n) is 1.34. The number of hydrogen-bond acceptors (Lipinski definition) is 5. The average Bonchev–Trinajstić information content (AvgIpc) is 2.65. The van der Waals surface area contributed by atoms with Gasteiger partial charge in [0.2, 0.25) is 0 Å². The number of aromatic nitrogens is 2. The molecule has 2 aromatic rings. The highest BCUT2D eigenvalue weighted by atomic mass is 32.1. The summed E-state index contributed by atoms with van der Waals surface area (Å²) in [5, 5.41) is 20.3. The summed E-state index contributed by atoms with van der Waals surface area (Å²) in [4.78, 5) is 10.5. The Morgan fingerprint density at radius 2 is 2.00 bits per heavy atom. The fraction of sp³-hybridized carbons (Fsp3) is 0.182. The molecule has 1 heterocycles. The first kappa shape index (κ1) is 10.8. The van der Waals surface area contributed by atoms with Gasteiger partial charge in [0.1, 0.15) is 10.0 Å². The zero-order chi connectivity index (χ0) is 11.5. The third-order valence-electron chi connectivity index (χ3n) is 2.11. The van der Waals surface area contributed by atoms with Crippen molar-refractivity contribution in [3.63, 3.8) is 0 Å². The molecule has 82 valence electrons. The van der Waals surface area contributed by atoms with Gasteiger partial charge in [-0.2, -0.15) is 0 Å². The van der Waals surface area contributed by atoms with Crippen molar-refractivity contribution in [1.29, 1.82) is 0 Å². The maximum Gasteiger partial charge on any atom is 0.121 e. The first-order chi connectivity index (χ1) is 7.65. The van der Waals surface area contributed by atoms with E-state index >= 15 is 0 Å². The number of aryl methyl sites for hydroxylation is 1. The van der Waals surface area contributed by atoms with E-state index in [-0.39, 0.29) is 5.56 Å². The van der Waals surface area contributed by atoms with Gasteiger partial charge >= 0.3 is 0 Å². The topological polar surface area (TPSA) is 65.9 Å². The number of carboxylic acid groups (broad SMARTS) is 1. The van der Waals surface area contributed by atoms with Gasteiger partial charge in [-0.25, -0.2) is 0 Å². The summed E-state index contributed by atoms with van der Waals surface area (Å²) < 4.78 is 0. The van der Waals surface area contributed by atoms with E-state index in [0.717, 1.165) is 15.6 Å². The second-order valence-corrected chi connectivity index (χ2v) is 4.64. The lowest BCUT2D eigenvalue weighted by molar-refractivity contribution is -0.255. The largest absolute Gasteiger partial charge is 0.545 e. The first-order valence-corrected chi connectivity index (χ1v) is 5.56. The van der Waals surface area contributed by atoms with Gasteiger partial charge in [0.25, 0.3) is 0 Å². The molecule has 4 nitrogen and oxygen atoms in total. The van der Waals surface area contributed by atoms with Gasteiger partial charge < -0.3 is 9.90 Å². The van der Waals surface area contributed by atoms with Crippen LogP contribution >= 0.6 is 11.3 Å². The predicted molar refractivity (Wildman–Crippen MR) is 58.2 cm³/mol. The normalized spacial score (nSPS) is 10.3. The van der Waals surface area contributed by atoms with Crippen LogP contribution in [0.5, 0.6) is 0 Å². The van der Waals surface area contributed by atoms with Crippen molar-refractivity contribution in [2.24, 2.45) is 0 Å². The Bertz CT molecular complexity index is 505. The summed E-state index contributed by atoms with van der Waals surface area (Å²) in [5.41, 5.74) is 1.21. The van der Waals surface area contributed by atoms with Crippen molar-refractivity contribution in [3.8, 4) is 0 Å². The number of carbonyl (C=O) groups excluding carboxylic acids is 1. The quantitative estimate of drug-likeness (QED) is 0.786. The van der Waals surface area contributed by atoms with Gasteiger partial charge in [0, 0.05) is 6.42 Å². The van der Waals surface area contributed by atoms with E-state index in [4.69, 9.17) is 0 Å². The molecule has 2 rings (SSSR count). The van der Waals surface area contributed by atoms with E-state index in [0.29, 0.717) is 6.42 Å². The molecule has 0 spiro atoms. The molecule has 0 amide bonds. The van der Waals surface area contributed by atoms with Crippen LogP contribution < -0.4 is 5.11 Å². The number of hydrogen-bond donors (Lipinski definition) is 0. The highest BCUT2D eigenvalue weighted by Gasteiger charge is 2.02. The molecule has 0 aliphatic heterocycles. The predicted octanol–water partition coefficient (Wildman–Crippen LogP) is 0.801. The van der Waals surface area contributed by atoms with Crippen molar-refractivity contribution in [1.82, 2.24) is 10.2 Å². The van der Waals surface area contributed by atoms with Gasteiger partial charge in [0.05, 0.1) is 5.97 Å². The van der Waals surface area contributed by atoms with Crippen LogP contribution in [0.4, 0.5) is 0 Å². The number of carboxylic acids is 1. The molecule has 16 heavy (non-hydrogen) atoms. The Hall–Kier alpha value is -1.75. The molecule has 0 saturated heterocycles. The van der Waals surface area contributed by atoms with Crippen LogP contribution in [0.2, 0.25) is 0 Å². The van der Waals surface area contributed by atoms with Crippen LogP contribution in [0, 0.1) is 6.92 Å². The van der Waals surface area contributed by atoms with Gasteiger partial charge in [0.15, 0.2) is 0 Å². The Morgan fingerprint density at radius 3 is 2.50 bits per heavy atom. The average molecular weight is 233 g/mol. The summed E-state index contributed by atoms with van der Waals surface area (Å²) in [7, 11) is 0. The molecule has 1 aromatic carbocycles. The Morgan fingerprint density at radius 1 is 1.31 bits per heavy atom. The van der Waals surface area contributed by atoms with Gasteiger partial charge in [-0.1, -0.05) is 24.3 Å². The lowest BCUT2D eigenvalue weighted by Gasteiger charge is -2.02. The molecular formula is C11H9N2O2S-. The molecule has 5 heteroatoms. The number of benzene rings is 1. The molecule has 0 N–H and O–H groups in total. The van der Waals surface area contributed by atoms with Crippen molar-refractivity contribution >= 4 is 17.3 Å². The molecule has 0 saturated carbocycles. The van der Waals surface area contributed by atoms with E-state index in [9.17, 15) is 9.90 Å². The van der Waals surface area contributed by atoms with E-state index in [1.807, 2.05) is 6.92 Å². The second-order valence-electron chi connectivity index (χ2n) is 3.38. The summed E-state index contributed by atoms with van der Waals surface area (Å²) >= 11 is 1.54. The molecule has 0 aliphatic rings. The zero-order valence-electron chi connectivity index (χ0n) is 8.64. The third kappa shape index (κ3) is 2.43. The molecule has 0 atom stereocenters. The Balaban J connectivity index is 2.14. The third-order valence-corrected chi connectivity index (χ3v) is 2.95. The van der Waals surface area contributed by atoms with Gasteiger partial charge in [-0.05, 0) is 18.1 Å². The Labute approximate surface area is 96.6 Å². The number of carbonyl (C=O) groups is 1. The minimum absolute atomic E-state index is 0.192. The van der Waals surface area contributed by atoms with Crippen LogP contribution in [0.1, 0.15) is 25.9 Å². The zero-order valence-corrected chi connectivity index (χ0v) is 9.45. The summed E-state index contributed by atoms with van der Waals surface area (Å²) in [6, 6.07) is 6.61. The van der Waals surface area contributed by atoms with Crippen molar-refractivity contribution in [3.05, 3.63) is 45.4 Å². The minimum Gasteiger partial charge on any atom is -0.545 e. The maximum absolute atomic E-state index is 10.5. The minimum atomic E-state index is -1.15. The van der Waals surface area contributed by atoms with Gasteiger partial charge in [-0.3, -0.25) is 0 Å². The van der Waals surface area contributed by atoms with Crippen LogP contribution in [0.3, 0.4) is 0 Å². The highest BCUT2D eigenvalue weighted by Crippen LogP contribution is 2.14. The van der Waals surface area contributed by atoms with Crippen molar-refractivity contribution < 1.29 is 9.90 Å².